The molecule has 0 saturated heterocycles. The Bertz CT molecular complexity index is 415. The Labute approximate surface area is 113 Å². The first-order valence-corrected chi connectivity index (χ1v) is 6.55. The summed E-state index contributed by atoms with van der Waals surface area (Å²) in [5.41, 5.74) is 6.65. The quantitative estimate of drug-likeness (QED) is 0.652. The first-order valence-electron chi connectivity index (χ1n) is 6.55. The molecule has 0 saturated carbocycles. The first kappa shape index (κ1) is 15.2. The van der Waals surface area contributed by atoms with Crippen molar-refractivity contribution in [2.45, 2.75) is 26.2 Å². The number of hydrogen-bond acceptors (Lipinski definition) is 3. The maximum absolute atomic E-state index is 11.6. The Morgan fingerprint density at radius 1 is 1.16 bits per heavy atom. The van der Waals surface area contributed by atoms with E-state index < -0.39 is 0 Å². The van der Waals surface area contributed by atoms with Gasteiger partial charge in [-0.05, 0) is 50.6 Å². The summed E-state index contributed by atoms with van der Waals surface area (Å²) in [5, 5.41) is 5.51. The van der Waals surface area contributed by atoms with Crippen LogP contribution >= 0.6 is 0 Å². The number of anilines is 1. The highest BCUT2D eigenvalue weighted by Gasteiger charge is 2.05. The van der Waals surface area contributed by atoms with Gasteiger partial charge >= 0.3 is 0 Å². The standard InChI is InChI=1S/C14H21N3O2/c1-2-16-14(19)11-6-8-12(9-7-11)17-13(18)5-3-4-10-15/h6-9H,2-5,10,15H2,1H3,(H,16,19)(H,17,18). The minimum Gasteiger partial charge on any atom is -0.352 e. The van der Waals surface area contributed by atoms with Gasteiger partial charge in [0, 0.05) is 24.2 Å². The van der Waals surface area contributed by atoms with Gasteiger partial charge in [0.05, 0.1) is 0 Å². The molecule has 104 valence electrons. The highest BCUT2D eigenvalue weighted by Crippen LogP contribution is 2.10. The average molecular weight is 263 g/mol. The van der Waals surface area contributed by atoms with Gasteiger partial charge in [-0.15, -0.1) is 0 Å². The molecular formula is C14H21N3O2. The van der Waals surface area contributed by atoms with Crippen LogP contribution in [0, 0.1) is 0 Å². The van der Waals surface area contributed by atoms with Crippen LogP contribution in [-0.2, 0) is 4.79 Å². The van der Waals surface area contributed by atoms with Crippen LogP contribution in [0.3, 0.4) is 0 Å². The predicted octanol–water partition coefficient (Wildman–Crippen LogP) is 1.50. The van der Waals surface area contributed by atoms with E-state index >= 15 is 0 Å². The molecule has 1 aromatic rings. The Kier molecular flexibility index (Phi) is 6.60. The Hall–Kier alpha value is -1.88. The molecule has 0 spiro atoms. The summed E-state index contributed by atoms with van der Waals surface area (Å²) >= 11 is 0. The number of benzene rings is 1. The van der Waals surface area contributed by atoms with Gasteiger partial charge in [0.25, 0.3) is 5.91 Å². The van der Waals surface area contributed by atoms with Crippen molar-refractivity contribution in [2.75, 3.05) is 18.4 Å². The van der Waals surface area contributed by atoms with E-state index in [2.05, 4.69) is 10.6 Å². The lowest BCUT2D eigenvalue weighted by Crippen LogP contribution is -2.22. The van der Waals surface area contributed by atoms with Gasteiger partial charge in [0.15, 0.2) is 0 Å². The molecule has 0 atom stereocenters. The first-order chi connectivity index (χ1) is 9.17. The van der Waals surface area contributed by atoms with Crippen LogP contribution in [0.25, 0.3) is 0 Å². The lowest BCUT2D eigenvalue weighted by molar-refractivity contribution is -0.116. The number of unbranched alkanes of at least 4 members (excludes halogenated alkanes) is 1. The second-order valence-corrected chi connectivity index (χ2v) is 4.23. The second-order valence-electron chi connectivity index (χ2n) is 4.23. The molecular weight excluding hydrogens is 242 g/mol. The Balaban J connectivity index is 2.47. The molecule has 0 aliphatic carbocycles. The number of nitrogens with one attached hydrogen (secondary N) is 2. The Morgan fingerprint density at radius 3 is 2.42 bits per heavy atom. The van der Waals surface area contributed by atoms with Gasteiger partial charge in [0.2, 0.25) is 5.91 Å². The van der Waals surface area contributed by atoms with Crippen LogP contribution in [0.15, 0.2) is 24.3 Å². The third kappa shape index (κ3) is 5.52. The smallest absolute Gasteiger partial charge is 0.251 e. The van der Waals surface area contributed by atoms with Crippen molar-refractivity contribution < 1.29 is 9.59 Å². The number of carbonyl (C=O) groups excluding carboxylic acids is 2. The molecule has 0 heterocycles. The van der Waals surface area contributed by atoms with Crippen LogP contribution in [0.5, 0.6) is 0 Å². The van der Waals surface area contributed by atoms with E-state index in [1.807, 2.05) is 6.92 Å². The average Bonchev–Trinajstić information content (AvgIpc) is 2.40. The molecule has 0 aromatic heterocycles. The zero-order valence-electron chi connectivity index (χ0n) is 11.2. The van der Waals surface area contributed by atoms with E-state index in [0.717, 1.165) is 12.8 Å². The number of nitrogens with two attached hydrogens (primary N) is 1. The van der Waals surface area contributed by atoms with E-state index in [0.29, 0.717) is 30.8 Å². The van der Waals surface area contributed by atoms with Gasteiger partial charge in [-0.1, -0.05) is 0 Å². The summed E-state index contributed by atoms with van der Waals surface area (Å²) in [6, 6.07) is 6.85. The van der Waals surface area contributed by atoms with Gasteiger partial charge in [-0.25, -0.2) is 0 Å². The Morgan fingerprint density at radius 2 is 1.84 bits per heavy atom. The highest BCUT2D eigenvalue weighted by molar-refractivity contribution is 5.95. The summed E-state index contributed by atoms with van der Waals surface area (Å²) in [5.74, 6) is -0.137. The number of amides is 2. The molecule has 19 heavy (non-hydrogen) atoms. The molecule has 0 fully saturated rings. The monoisotopic (exact) mass is 263 g/mol. The van der Waals surface area contributed by atoms with E-state index in [4.69, 9.17) is 5.73 Å². The van der Waals surface area contributed by atoms with Crippen molar-refractivity contribution in [3.8, 4) is 0 Å². The third-order valence-electron chi connectivity index (χ3n) is 2.63. The molecule has 0 aliphatic rings. The van der Waals surface area contributed by atoms with Crippen molar-refractivity contribution >= 4 is 17.5 Å². The van der Waals surface area contributed by atoms with Crippen LogP contribution < -0.4 is 16.4 Å². The molecule has 0 unspecified atom stereocenters. The predicted molar refractivity (Wildman–Crippen MR) is 76.0 cm³/mol. The van der Waals surface area contributed by atoms with Gasteiger partial charge < -0.3 is 16.4 Å². The number of rotatable bonds is 7. The van der Waals surface area contributed by atoms with Crippen LogP contribution in [0.1, 0.15) is 36.5 Å². The van der Waals surface area contributed by atoms with Crippen molar-refractivity contribution in [1.82, 2.24) is 5.32 Å². The molecule has 4 N–H and O–H groups in total. The van der Waals surface area contributed by atoms with Crippen LogP contribution in [-0.4, -0.2) is 24.9 Å². The summed E-state index contributed by atoms with van der Waals surface area (Å²) in [7, 11) is 0. The van der Waals surface area contributed by atoms with Crippen LogP contribution in [0.2, 0.25) is 0 Å². The molecule has 5 heteroatoms. The topological polar surface area (TPSA) is 84.2 Å². The summed E-state index contributed by atoms with van der Waals surface area (Å²) in [4.78, 5) is 23.1. The number of hydrogen-bond donors (Lipinski definition) is 3. The van der Waals surface area contributed by atoms with Crippen molar-refractivity contribution in [1.29, 1.82) is 0 Å². The van der Waals surface area contributed by atoms with E-state index in [9.17, 15) is 9.59 Å². The highest BCUT2D eigenvalue weighted by atomic mass is 16.2. The molecule has 0 bridgehead atoms. The minimum atomic E-state index is -0.108. The van der Waals surface area contributed by atoms with Crippen LogP contribution in [0.4, 0.5) is 5.69 Å². The second kappa shape index (κ2) is 8.26. The fourth-order valence-electron chi connectivity index (χ4n) is 1.62. The zero-order valence-corrected chi connectivity index (χ0v) is 11.2. The van der Waals surface area contributed by atoms with E-state index in [1.165, 1.54) is 0 Å². The largest absolute Gasteiger partial charge is 0.352 e. The molecule has 5 nitrogen and oxygen atoms in total. The zero-order chi connectivity index (χ0) is 14.1. The molecule has 1 rings (SSSR count). The molecule has 0 radical (unpaired) electrons. The summed E-state index contributed by atoms with van der Waals surface area (Å²) < 4.78 is 0. The fourth-order valence-corrected chi connectivity index (χ4v) is 1.62. The summed E-state index contributed by atoms with van der Waals surface area (Å²) in [6.45, 7) is 3.07. The molecule has 2 amide bonds. The lowest BCUT2D eigenvalue weighted by atomic mass is 10.2. The number of carbonyl (C=O) groups is 2. The fraction of sp³-hybridized carbons (Fsp3) is 0.429. The lowest BCUT2D eigenvalue weighted by Gasteiger charge is -2.06. The minimum absolute atomic E-state index is 0.0285. The van der Waals surface area contributed by atoms with Gasteiger partial charge in [-0.2, -0.15) is 0 Å². The van der Waals surface area contributed by atoms with Crippen molar-refractivity contribution in [2.24, 2.45) is 5.73 Å². The molecule has 0 aliphatic heterocycles. The van der Waals surface area contributed by atoms with Crippen molar-refractivity contribution in [3.63, 3.8) is 0 Å². The van der Waals surface area contributed by atoms with Gasteiger partial charge in [0.1, 0.15) is 0 Å². The van der Waals surface area contributed by atoms with E-state index in [-0.39, 0.29) is 11.8 Å². The SMILES string of the molecule is CCNC(=O)c1ccc(NC(=O)CCCCN)cc1. The van der Waals surface area contributed by atoms with E-state index in [1.54, 1.807) is 24.3 Å². The van der Waals surface area contributed by atoms with Crippen molar-refractivity contribution in [3.05, 3.63) is 29.8 Å². The maximum Gasteiger partial charge on any atom is 0.251 e. The van der Waals surface area contributed by atoms with Gasteiger partial charge in [-0.3, -0.25) is 9.59 Å². The normalized spacial score (nSPS) is 10.0. The third-order valence-corrected chi connectivity index (χ3v) is 2.63. The summed E-state index contributed by atoms with van der Waals surface area (Å²) in [6.07, 6.45) is 2.11. The molecule has 1 aromatic carbocycles. The maximum atomic E-state index is 11.6.